The van der Waals surface area contributed by atoms with Gasteiger partial charge in [-0.15, -0.1) is 0 Å². The van der Waals surface area contributed by atoms with E-state index in [9.17, 15) is 0 Å². The molecule has 0 saturated heterocycles. The molecular weight excluding hydrogens is 364 g/mol. The van der Waals surface area contributed by atoms with Gasteiger partial charge in [0, 0.05) is 37.5 Å². The molecular formula is C23H22N4O2. The number of hydrogen-bond donors (Lipinski definition) is 1. The molecule has 0 aliphatic rings. The zero-order valence-electron chi connectivity index (χ0n) is 16.4. The Morgan fingerprint density at radius 3 is 2.55 bits per heavy atom. The summed E-state index contributed by atoms with van der Waals surface area (Å²) in [6, 6.07) is 18.0. The van der Waals surface area contributed by atoms with Gasteiger partial charge >= 0.3 is 0 Å². The lowest BCUT2D eigenvalue weighted by Gasteiger charge is -2.11. The zero-order valence-corrected chi connectivity index (χ0v) is 16.4. The summed E-state index contributed by atoms with van der Waals surface area (Å²) in [5, 5.41) is 4.16. The summed E-state index contributed by atoms with van der Waals surface area (Å²) in [4.78, 5) is 13.6. The van der Waals surface area contributed by atoms with Gasteiger partial charge in [0.2, 0.25) is 0 Å². The van der Waals surface area contributed by atoms with E-state index >= 15 is 0 Å². The predicted molar refractivity (Wildman–Crippen MR) is 115 cm³/mol. The first-order chi connectivity index (χ1) is 14.3. The van der Waals surface area contributed by atoms with Crippen molar-refractivity contribution in [2.45, 2.75) is 0 Å². The molecule has 0 aliphatic heterocycles. The van der Waals surface area contributed by atoms with Gasteiger partial charge in [-0.25, -0.2) is 9.97 Å². The Balaban J connectivity index is 1.72. The number of benzene rings is 2. The molecule has 0 fully saturated rings. The number of rotatable bonds is 7. The molecule has 0 aliphatic carbocycles. The minimum absolute atomic E-state index is 0.520. The zero-order chi connectivity index (χ0) is 20.1. The lowest BCUT2D eigenvalue weighted by molar-refractivity contribution is 0.146. The lowest BCUT2D eigenvalue weighted by atomic mass is 10.0. The van der Waals surface area contributed by atoms with Crippen LogP contribution < -0.4 is 10.1 Å². The number of hydrogen-bond acceptors (Lipinski definition) is 6. The SMILES string of the molecule is CNc1nc(-c2cccnc2)nc2ccc(-c3cccc(OCCOC)c3)cc12. The molecule has 0 bridgehead atoms. The monoisotopic (exact) mass is 386 g/mol. The molecule has 2 aromatic heterocycles. The second-order valence-corrected chi connectivity index (χ2v) is 6.49. The van der Waals surface area contributed by atoms with Gasteiger partial charge < -0.3 is 14.8 Å². The molecule has 0 atom stereocenters. The molecule has 6 nitrogen and oxygen atoms in total. The second kappa shape index (κ2) is 8.67. The van der Waals surface area contributed by atoms with Gasteiger partial charge in [0.25, 0.3) is 0 Å². The molecule has 0 saturated carbocycles. The van der Waals surface area contributed by atoms with Crippen molar-refractivity contribution in [2.24, 2.45) is 0 Å². The van der Waals surface area contributed by atoms with Crippen molar-refractivity contribution in [3.05, 3.63) is 67.0 Å². The molecule has 2 heterocycles. The van der Waals surface area contributed by atoms with E-state index < -0.39 is 0 Å². The fourth-order valence-corrected chi connectivity index (χ4v) is 3.13. The van der Waals surface area contributed by atoms with Crippen LogP contribution in [0.3, 0.4) is 0 Å². The van der Waals surface area contributed by atoms with Crippen molar-refractivity contribution in [2.75, 3.05) is 32.7 Å². The van der Waals surface area contributed by atoms with Crippen LogP contribution in [0.1, 0.15) is 0 Å². The van der Waals surface area contributed by atoms with Crippen molar-refractivity contribution in [3.63, 3.8) is 0 Å². The highest BCUT2D eigenvalue weighted by molar-refractivity contribution is 5.93. The standard InChI is InChI=1S/C23H22N4O2/c1-24-23-20-14-17(16-5-3-7-19(13-16)29-12-11-28-2)8-9-21(20)26-22(27-23)18-6-4-10-25-15-18/h3-10,13-15H,11-12H2,1-2H3,(H,24,26,27). The van der Waals surface area contributed by atoms with E-state index in [1.54, 1.807) is 19.5 Å². The number of anilines is 1. The number of methoxy groups -OCH3 is 1. The first kappa shape index (κ1) is 18.8. The molecule has 1 N–H and O–H groups in total. The molecule has 6 heteroatoms. The number of ether oxygens (including phenoxy) is 2. The number of pyridine rings is 1. The van der Waals surface area contributed by atoms with Crippen LogP contribution in [0.4, 0.5) is 5.82 Å². The van der Waals surface area contributed by atoms with Crippen LogP contribution in [0.25, 0.3) is 33.4 Å². The van der Waals surface area contributed by atoms with E-state index in [1.165, 1.54) is 0 Å². The van der Waals surface area contributed by atoms with Gasteiger partial charge in [0.1, 0.15) is 18.2 Å². The van der Waals surface area contributed by atoms with Crippen molar-refractivity contribution >= 4 is 16.7 Å². The average Bonchev–Trinajstić information content (AvgIpc) is 2.79. The fourth-order valence-electron chi connectivity index (χ4n) is 3.13. The van der Waals surface area contributed by atoms with Crippen molar-refractivity contribution < 1.29 is 9.47 Å². The fraction of sp³-hybridized carbons (Fsp3) is 0.174. The summed E-state index contributed by atoms with van der Waals surface area (Å²) in [5.41, 5.74) is 3.90. The molecule has 146 valence electrons. The van der Waals surface area contributed by atoms with E-state index in [2.05, 4.69) is 28.5 Å². The summed E-state index contributed by atoms with van der Waals surface area (Å²) >= 11 is 0. The summed E-state index contributed by atoms with van der Waals surface area (Å²) in [7, 11) is 3.53. The van der Waals surface area contributed by atoms with E-state index in [4.69, 9.17) is 19.4 Å². The van der Waals surface area contributed by atoms with Crippen LogP contribution in [-0.2, 0) is 4.74 Å². The maximum atomic E-state index is 5.74. The van der Waals surface area contributed by atoms with E-state index in [0.717, 1.165) is 39.2 Å². The molecule has 4 rings (SSSR count). The van der Waals surface area contributed by atoms with Crippen LogP contribution in [0.15, 0.2) is 67.0 Å². The molecule has 2 aromatic carbocycles. The first-order valence-electron chi connectivity index (χ1n) is 9.40. The molecule has 29 heavy (non-hydrogen) atoms. The quantitative estimate of drug-likeness (QED) is 0.474. The molecule has 4 aromatic rings. The maximum Gasteiger partial charge on any atom is 0.163 e. The number of nitrogens with zero attached hydrogens (tertiary/aromatic N) is 3. The van der Waals surface area contributed by atoms with Gasteiger partial charge in [-0.1, -0.05) is 18.2 Å². The van der Waals surface area contributed by atoms with Crippen LogP contribution >= 0.6 is 0 Å². The maximum absolute atomic E-state index is 5.74. The molecule has 0 unspecified atom stereocenters. The van der Waals surface area contributed by atoms with E-state index in [-0.39, 0.29) is 0 Å². The first-order valence-corrected chi connectivity index (χ1v) is 9.40. The van der Waals surface area contributed by atoms with Crippen molar-refractivity contribution in [1.29, 1.82) is 0 Å². The summed E-state index contributed by atoms with van der Waals surface area (Å²) in [5.74, 6) is 2.25. The number of nitrogens with one attached hydrogen (secondary N) is 1. The Morgan fingerprint density at radius 1 is 0.897 bits per heavy atom. The topological polar surface area (TPSA) is 69.2 Å². The van der Waals surface area contributed by atoms with Crippen LogP contribution in [0, 0.1) is 0 Å². The Morgan fingerprint density at radius 2 is 1.76 bits per heavy atom. The highest BCUT2D eigenvalue weighted by Crippen LogP contribution is 2.30. The highest BCUT2D eigenvalue weighted by Gasteiger charge is 2.10. The lowest BCUT2D eigenvalue weighted by Crippen LogP contribution is -2.04. The molecule has 0 spiro atoms. The van der Waals surface area contributed by atoms with E-state index in [1.807, 2.05) is 43.4 Å². The van der Waals surface area contributed by atoms with Crippen LogP contribution in [-0.4, -0.2) is 42.3 Å². The predicted octanol–water partition coefficient (Wildman–Crippen LogP) is 4.43. The number of fused-ring (bicyclic) bond motifs is 1. The third-order valence-corrected chi connectivity index (χ3v) is 4.58. The Labute approximate surface area is 169 Å². The second-order valence-electron chi connectivity index (χ2n) is 6.49. The van der Waals surface area contributed by atoms with Crippen molar-refractivity contribution in [1.82, 2.24) is 15.0 Å². The van der Waals surface area contributed by atoms with Gasteiger partial charge in [-0.05, 0) is 47.5 Å². The average molecular weight is 386 g/mol. The summed E-state index contributed by atoms with van der Waals surface area (Å²) in [6.07, 6.45) is 3.51. The van der Waals surface area contributed by atoms with Gasteiger partial charge in [0.15, 0.2) is 5.82 Å². The Hall–Kier alpha value is -3.51. The van der Waals surface area contributed by atoms with Gasteiger partial charge in [-0.3, -0.25) is 4.98 Å². The highest BCUT2D eigenvalue weighted by atomic mass is 16.5. The largest absolute Gasteiger partial charge is 0.491 e. The smallest absolute Gasteiger partial charge is 0.163 e. The third kappa shape index (κ3) is 4.17. The van der Waals surface area contributed by atoms with Crippen LogP contribution in [0.5, 0.6) is 5.75 Å². The summed E-state index contributed by atoms with van der Waals surface area (Å²) < 4.78 is 10.8. The van der Waals surface area contributed by atoms with E-state index in [0.29, 0.717) is 19.0 Å². The van der Waals surface area contributed by atoms with Gasteiger partial charge in [0.05, 0.1) is 12.1 Å². The minimum Gasteiger partial charge on any atom is -0.491 e. The molecule has 0 radical (unpaired) electrons. The third-order valence-electron chi connectivity index (χ3n) is 4.58. The molecule has 0 amide bonds. The van der Waals surface area contributed by atoms with Gasteiger partial charge in [-0.2, -0.15) is 0 Å². The number of aromatic nitrogens is 3. The normalized spacial score (nSPS) is 10.8. The summed E-state index contributed by atoms with van der Waals surface area (Å²) in [6.45, 7) is 1.08. The van der Waals surface area contributed by atoms with Crippen molar-refractivity contribution in [3.8, 4) is 28.3 Å². The Bertz CT molecular complexity index is 1120. The minimum atomic E-state index is 0.520. The Kier molecular flexibility index (Phi) is 5.63. The van der Waals surface area contributed by atoms with Crippen LogP contribution in [0.2, 0.25) is 0 Å².